The van der Waals surface area contributed by atoms with Crippen molar-refractivity contribution < 1.29 is 42.1 Å². The minimum absolute atomic E-state index is 0.0367. The van der Waals surface area contributed by atoms with Crippen LogP contribution in [0.15, 0.2) is 97.2 Å². The molecule has 0 heterocycles. The Kier molecular flexibility index (Phi) is 60.1. The monoisotopic (exact) mass is 1170 g/mol. The number of esters is 2. The van der Waals surface area contributed by atoms with E-state index in [9.17, 15) is 19.0 Å². The first kappa shape index (κ1) is 78.9. The number of likely N-dealkylation sites (N-methyl/N-ethyl adjacent to an activating group) is 1. The smallest absolute Gasteiger partial charge is 0.306 e. The number of hydrogen-bond acceptors (Lipinski definition) is 8. The molecule has 0 aromatic rings. The summed E-state index contributed by atoms with van der Waals surface area (Å²) in [6.45, 7) is 4.14. The minimum atomic E-state index is -4.65. The molecule has 0 aromatic carbocycles. The summed E-state index contributed by atoms with van der Waals surface area (Å²) >= 11 is 0. The average molecular weight is 1170 g/mol. The second-order valence-corrected chi connectivity index (χ2v) is 25.2. The number of carbonyl (C=O) groups is 2. The predicted molar refractivity (Wildman–Crippen MR) is 351 cm³/mol. The molecule has 0 N–H and O–H groups in total. The Bertz CT molecular complexity index is 1710. The van der Waals surface area contributed by atoms with E-state index in [2.05, 4.69) is 111 Å². The second kappa shape index (κ2) is 62.5. The van der Waals surface area contributed by atoms with Gasteiger partial charge in [-0.25, -0.2) is 0 Å². The molecule has 10 heteroatoms. The van der Waals surface area contributed by atoms with Crippen molar-refractivity contribution in [2.75, 3.05) is 47.5 Å². The SMILES string of the molecule is CC/C=C\C/C=C\C/C=C\C/C=C\C/C=C\C/C=C\C/C=C\CCCCCCCCCC(=O)OC(COC(=O)CCCCCCCCCCCCCCCCCCC/C=C\CCCCCCCCCC)COP(=O)([O-])OCC[N+](C)(C)C. The molecule has 2 unspecified atom stereocenters. The van der Waals surface area contributed by atoms with Crippen molar-refractivity contribution in [2.45, 2.75) is 302 Å². The summed E-state index contributed by atoms with van der Waals surface area (Å²) in [4.78, 5) is 38.0. The largest absolute Gasteiger partial charge is 0.756 e. The first-order valence-electron chi connectivity index (χ1n) is 33.9. The number of hydrogen-bond donors (Lipinski definition) is 0. The molecular formula is C72H128NO8P. The van der Waals surface area contributed by atoms with Crippen LogP contribution in [-0.2, 0) is 32.7 Å². The normalized spacial score (nSPS) is 13.8. The fourth-order valence-corrected chi connectivity index (χ4v) is 10.1. The van der Waals surface area contributed by atoms with Crippen molar-refractivity contribution in [3.8, 4) is 0 Å². The van der Waals surface area contributed by atoms with E-state index in [1.54, 1.807) is 0 Å². The molecule has 0 aromatic heterocycles. The van der Waals surface area contributed by atoms with E-state index in [1.165, 1.54) is 173 Å². The number of carbonyl (C=O) groups excluding carboxylic acids is 2. The van der Waals surface area contributed by atoms with Crippen LogP contribution in [0.3, 0.4) is 0 Å². The molecule has 2 atom stereocenters. The molecule has 0 aliphatic carbocycles. The molecule has 0 fully saturated rings. The van der Waals surface area contributed by atoms with Gasteiger partial charge in [-0.3, -0.25) is 14.2 Å². The average Bonchev–Trinajstić information content (AvgIpc) is 3.45. The summed E-state index contributed by atoms with van der Waals surface area (Å²) in [6, 6.07) is 0. The molecule has 0 spiro atoms. The van der Waals surface area contributed by atoms with Crippen LogP contribution in [0.2, 0.25) is 0 Å². The lowest BCUT2D eigenvalue weighted by molar-refractivity contribution is -0.870. The Balaban J connectivity index is 4.11. The first-order chi connectivity index (χ1) is 40.0. The maximum Gasteiger partial charge on any atom is 0.306 e. The highest BCUT2D eigenvalue weighted by molar-refractivity contribution is 7.45. The molecule has 474 valence electrons. The van der Waals surface area contributed by atoms with E-state index in [0.29, 0.717) is 17.4 Å². The summed E-state index contributed by atoms with van der Waals surface area (Å²) in [7, 11) is 1.16. The van der Waals surface area contributed by atoms with Crippen molar-refractivity contribution in [1.82, 2.24) is 0 Å². The lowest BCUT2D eigenvalue weighted by Crippen LogP contribution is -2.37. The topological polar surface area (TPSA) is 111 Å². The van der Waals surface area contributed by atoms with Gasteiger partial charge in [0.05, 0.1) is 27.7 Å². The third kappa shape index (κ3) is 66.1. The maximum absolute atomic E-state index is 12.8. The van der Waals surface area contributed by atoms with E-state index >= 15 is 0 Å². The lowest BCUT2D eigenvalue weighted by Gasteiger charge is -2.28. The summed E-state index contributed by atoms with van der Waals surface area (Å²) in [5, 5.41) is 0. The van der Waals surface area contributed by atoms with Crippen LogP contribution in [0, 0.1) is 0 Å². The summed E-state index contributed by atoms with van der Waals surface area (Å²) in [6.07, 6.45) is 86.2. The fourth-order valence-electron chi connectivity index (χ4n) is 9.40. The van der Waals surface area contributed by atoms with E-state index in [1.807, 2.05) is 21.1 Å². The van der Waals surface area contributed by atoms with E-state index in [-0.39, 0.29) is 32.0 Å². The molecule has 9 nitrogen and oxygen atoms in total. The fraction of sp³-hybridized carbons (Fsp3) is 0.750. The molecule has 82 heavy (non-hydrogen) atoms. The van der Waals surface area contributed by atoms with Gasteiger partial charge in [0, 0.05) is 12.8 Å². The number of rotatable bonds is 62. The Morgan fingerprint density at radius 2 is 0.695 bits per heavy atom. The van der Waals surface area contributed by atoms with Crippen molar-refractivity contribution in [3.05, 3.63) is 97.2 Å². The lowest BCUT2D eigenvalue weighted by atomic mass is 10.0. The van der Waals surface area contributed by atoms with Gasteiger partial charge in [-0.05, 0) is 96.3 Å². The van der Waals surface area contributed by atoms with Gasteiger partial charge in [-0.2, -0.15) is 0 Å². The van der Waals surface area contributed by atoms with Crippen LogP contribution in [-0.4, -0.2) is 70.0 Å². The third-order valence-corrected chi connectivity index (χ3v) is 15.6. The van der Waals surface area contributed by atoms with Crippen LogP contribution in [0.25, 0.3) is 0 Å². The molecule has 0 bridgehead atoms. The van der Waals surface area contributed by atoms with Crippen LogP contribution in [0.1, 0.15) is 296 Å². The van der Waals surface area contributed by atoms with Gasteiger partial charge in [0.15, 0.2) is 6.10 Å². The van der Waals surface area contributed by atoms with Gasteiger partial charge < -0.3 is 27.9 Å². The standard InChI is InChI=1S/C72H128NO8P/c1-6-8-10-12-14-16-18-20-22-24-26-28-30-32-34-36-38-40-42-44-46-48-50-52-54-56-58-60-62-64-71(74)78-68-70(69-80-82(76,77)79-67-66-73(3,4)5)81-72(75)65-63-61-59-57-55-53-51-49-47-45-43-41-39-37-35-33-31-29-27-25-23-21-19-17-15-13-11-9-7-2/h9,11,15,17,21,23-24,26-27,29,33,35,39,41,45,47,70H,6-8,10,12-14,16,18-20,22,25,28,30-32,34,36-38,40,42-44,46,48-69H2,1-5H3/b11-9-,17-15-,23-21-,26-24-,29-27-,35-33-,41-39-,47-45-. The molecule has 0 saturated heterocycles. The van der Waals surface area contributed by atoms with Crippen molar-refractivity contribution >= 4 is 19.8 Å². The van der Waals surface area contributed by atoms with Crippen LogP contribution in [0.4, 0.5) is 0 Å². The second-order valence-electron chi connectivity index (χ2n) is 23.8. The van der Waals surface area contributed by atoms with E-state index < -0.39 is 26.5 Å². The molecule has 0 rings (SSSR count). The van der Waals surface area contributed by atoms with E-state index in [4.69, 9.17) is 18.5 Å². The highest BCUT2D eigenvalue weighted by Crippen LogP contribution is 2.38. The molecular weight excluding hydrogens is 1040 g/mol. The van der Waals surface area contributed by atoms with E-state index in [0.717, 1.165) is 89.9 Å². The molecule has 0 aliphatic rings. The number of ether oxygens (including phenoxy) is 2. The zero-order valence-corrected chi connectivity index (χ0v) is 54.8. The van der Waals surface area contributed by atoms with Gasteiger partial charge in [-0.15, -0.1) is 0 Å². The quantitative estimate of drug-likeness (QED) is 0.0195. The number of unbranched alkanes of at least 4 members (excludes halogenated alkanes) is 32. The highest BCUT2D eigenvalue weighted by Gasteiger charge is 2.22. The van der Waals surface area contributed by atoms with Crippen molar-refractivity contribution in [1.29, 1.82) is 0 Å². The number of quaternary nitrogens is 1. The van der Waals surface area contributed by atoms with Crippen LogP contribution in [0.5, 0.6) is 0 Å². The van der Waals surface area contributed by atoms with Crippen molar-refractivity contribution in [3.63, 3.8) is 0 Å². The molecule has 0 amide bonds. The predicted octanol–water partition coefficient (Wildman–Crippen LogP) is 21.3. The Labute approximate surface area is 506 Å². The minimum Gasteiger partial charge on any atom is -0.756 e. The maximum atomic E-state index is 12.8. The third-order valence-electron chi connectivity index (χ3n) is 14.6. The summed E-state index contributed by atoms with van der Waals surface area (Å²) in [5.74, 6) is -0.841. The zero-order valence-electron chi connectivity index (χ0n) is 53.9. The Morgan fingerprint density at radius 1 is 0.390 bits per heavy atom. The summed E-state index contributed by atoms with van der Waals surface area (Å²) < 4.78 is 34.3. The van der Waals surface area contributed by atoms with Crippen LogP contribution >= 0.6 is 7.82 Å². The highest BCUT2D eigenvalue weighted by atomic mass is 31.2. The number of nitrogens with zero attached hydrogens (tertiary/aromatic N) is 1. The number of allylic oxidation sites excluding steroid dienone is 16. The molecule has 0 saturated carbocycles. The van der Waals surface area contributed by atoms with Gasteiger partial charge in [0.25, 0.3) is 7.82 Å². The van der Waals surface area contributed by atoms with Gasteiger partial charge in [0.2, 0.25) is 0 Å². The van der Waals surface area contributed by atoms with Gasteiger partial charge in [-0.1, -0.05) is 284 Å². The Morgan fingerprint density at radius 3 is 1.05 bits per heavy atom. The van der Waals surface area contributed by atoms with Crippen molar-refractivity contribution in [2.24, 2.45) is 0 Å². The number of phosphoric ester groups is 1. The first-order valence-corrected chi connectivity index (χ1v) is 35.4. The molecule has 0 aliphatic heterocycles. The summed E-state index contributed by atoms with van der Waals surface area (Å²) in [5.41, 5.74) is 0. The number of phosphoric acid groups is 1. The zero-order chi connectivity index (χ0) is 59.8. The Hall–Kier alpha value is -3.07. The van der Waals surface area contributed by atoms with Gasteiger partial charge >= 0.3 is 11.9 Å². The van der Waals surface area contributed by atoms with Gasteiger partial charge in [0.1, 0.15) is 19.8 Å². The van der Waals surface area contributed by atoms with Crippen LogP contribution < -0.4 is 4.89 Å². The molecule has 0 radical (unpaired) electrons.